The molecule has 0 aliphatic carbocycles. The first-order valence-electron chi connectivity index (χ1n) is 10.6. The smallest absolute Gasteiger partial charge is 0.336 e. The molecular formula is C25H35NO5. The van der Waals surface area contributed by atoms with Crippen molar-refractivity contribution in [1.82, 2.24) is 5.32 Å². The van der Waals surface area contributed by atoms with Crippen molar-refractivity contribution < 1.29 is 24.5 Å². The number of benzene rings is 1. The zero-order valence-corrected chi connectivity index (χ0v) is 20.1. The maximum Gasteiger partial charge on any atom is 0.336 e. The number of carbonyl (C=O) groups excluding carboxylic acids is 1. The first-order chi connectivity index (χ1) is 14.1. The fraction of sp³-hybridized carbons (Fsp3) is 0.520. The average molecular weight is 430 g/mol. The maximum absolute atomic E-state index is 12.9. The number of phenolic OH excluding ortho intramolecular Hbond substituents is 1. The van der Waals surface area contributed by atoms with Gasteiger partial charge in [-0.25, -0.2) is 9.59 Å². The number of aromatic hydroxyl groups is 1. The van der Waals surface area contributed by atoms with Crippen molar-refractivity contribution in [1.29, 1.82) is 0 Å². The Kier molecular flexibility index (Phi) is 6.64. The summed E-state index contributed by atoms with van der Waals surface area (Å²) in [4.78, 5) is 25.2. The number of esters is 1. The molecule has 0 fully saturated rings. The SMILES string of the molecule is CCOC(=O)C1=C(C)NC(C)=C(C(=O)O)C1c1cc(C(C)(C)C)c(O)c(C(C)(C)C)c1. The van der Waals surface area contributed by atoms with E-state index in [-0.39, 0.29) is 23.5 Å². The number of rotatable bonds is 4. The van der Waals surface area contributed by atoms with Crippen LogP contribution in [0.1, 0.15) is 84.9 Å². The van der Waals surface area contributed by atoms with E-state index in [0.29, 0.717) is 28.1 Å². The normalized spacial score (nSPS) is 17.5. The van der Waals surface area contributed by atoms with Gasteiger partial charge in [-0.3, -0.25) is 0 Å². The van der Waals surface area contributed by atoms with E-state index in [1.165, 1.54) is 0 Å². The first-order valence-corrected chi connectivity index (χ1v) is 10.6. The molecule has 0 bridgehead atoms. The molecule has 1 unspecified atom stereocenters. The Morgan fingerprint density at radius 1 is 0.968 bits per heavy atom. The van der Waals surface area contributed by atoms with Crippen LogP contribution in [0, 0.1) is 0 Å². The molecule has 0 aromatic heterocycles. The highest BCUT2D eigenvalue weighted by atomic mass is 16.5. The Morgan fingerprint density at radius 2 is 1.42 bits per heavy atom. The van der Waals surface area contributed by atoms with E-state index in [1.807, 2.05) is 53.7 Å². The topological polar surface area (TPSA) is 95.9 Å². The largest absolute Gasteiger partial charge is 0.507 e. The minimum atomic E-state index is -1.10. The highest BCUT2D eigenvalue weighted by Crippen LogP contribution is 2.45. The van der Waals surface area contributed by atoms with Crippen LogP contribution in [0.4, 0.5) is 0 Å². The molecule has 31 heavy (non-hydrogen) atoms. The van der Waals surface area contributed by atoms with E-state index < -0.39 is 28.7 Å². The zero-order chi connectivity index (χ0) is 23.9. The summed E-state index contributed by atoms with van der Waals surface area (Å²) >= 11 is 0. The lowest BCUT2D eigenvalue weighted by Gasteiger charge is -2.33. The van der Waals surface area contributed by atoms with Crippen LogP contribution in [0.25, 0.3) is 0 Å². The molecule has 1 aromatic rings. The number of carbonyl (C=O) groups is 2. The van der Waals surface area contributed by atoms with Crippen molar-refractivity contribution in [2.75, 3.05) is 6.61 Å². The van der Waals surface area contributed by atoms with Gasteiger partial charge in [0, 0.05) is 11.4 Å². The molecule has 1 aliphatic rings. The molecule has 1 aromatic carbocycles. The summed E-state index contributed by atoms with van der Waals surface area (Å²) in [6, 6.07) is 3.65. The quantitative estimate of drug-likeness (QED) is 0.591. The molecule has 1 heterocycles. The number of phenols is 1. The number of aliphatic carboxylic acids is 1. The number of nitrogens with one attached hydrogen (secondary N) is 1. The van der Waals surface area contributed by atoms with E-state index in [4.69, 9.17) is 4.74 Å². The predicted octanol–water partition coefficient (Wildman–Crippen LogP) is 4.87. The second-order valence-electron chi connectivity index (χ2n) is 10.1. The highest BCUT2D eigenvalue weighted by Gasteiger charge is 2.39. The van der Waals surface area contributed by atoms with Gasteiger partial charge in [0.15, 0.2) is 0 Å². The van der Waals surface area contributed by atoms with E-state index in [1.54, 1.807) is 20.8 Å². The second kappa shape index (κ2) is 8.40. The third-order valence-electron chi connectivity index (χ3n) is 5.57. The van der Waals surface area contributed by atoms with E-state index in [2.05, 4.69) is 5.32 Å². The second-order valence-corrected chi connectivity index (χ2v) is 10.1. The van der Waals surface area contributed by atoms with Gasteiger partial charge in [0.05, 0.1) is 23.7 Å². The van der Waals surface area contributed by atoms with Crippen molar-refractivity contribution in [3.05, 3.63) is 51.4 Å². The van der Waals surface area contributed by atoms with Crippen LogP contribution in [-0.4, -0.2) is 28.8 Å². The summed E-state index contributed by atoms with van der Waals surface area (Å²) < 4.78 is 5.28. The molecular weight excluding hydrogens is 394 g/mol. The van der Waals surface area contributed by atoms with Gasteiger partial charge in [-0.05, 0) is 48.3 Å². The van der Waals surface area contributed by atoms with Crippen LogP contribution >= 0.6 is 0 Å². The molecule has 6 heteroatoms. The fourth-order valence-corrected chi connectivity index (χ4v) is 4.06. The molecule has 1 atom stereocenters. The molecule has 0 radical (unpaired) electrons. The van der Waals surface area contributed by atoms with Gasteiger partial charge in [0.25, 0.3) is 0 Å². The van der Waals surface area contributed by atoms with Gasteiger partial charge in [-0.15, -0.1) is 0 Å². The van der Waals surface area contributed by atoms with Gasteiger partial charge < -0.3 is 20.3 Å². The number of hydrogen-bond acceptors (Lipinski definition) is 5. The van der Waals surface area contributed by atoms with Crippen LogP contribution in [0.5, 0.6) is 5.75 Å². The minimum absolute atomic E-state index is 0.0964. The van der Waals surface area contributed by atoms with Crippen LogP contribution in [0.3, 0.4) is 0 Å². The molecule has 0 spiro atoms. The lowest BCUT2D eigenvalue weighted by Crippen LogP contribution is -2.32. The van der Waals surface area contributed by atoms with E-state index >= 15 is 0 Å². The van der Waals surface area contributed by atoms with Gasteiger partial charge in [0.2, 0.25) is 0 Å². The number of dihydropyridines is 1. The van der Waals surface area contributed by atoms with Crippen LogP contribution in [-0.2, 0) is 25.2 Å². The third-order valence-corrected chi connectivity index (χ3v) is 5.57. The number of carboxylic acid groups (broad SMARTS) is 1. The highest BCUT2D eigenvalue weighted by molar-refractivity contribution is 5.99. The molecule has 0 amide bonds. The van der Waals surface area contributed by atoms with Crippen molar-refractivity contribution >= 4 is 11.9 Å². The van der Waals surface area contributed by atoms with Gasteiger partial charge in [-0.1, -0.05) is 53.7 Å². The monoisotopic (exact) mass is 429 g/mol. The standard InChI is InChI=1S/C25H35NO5/c1-10-31-23(30)19-14(3)26-13(2)18(22(28)29)20(19)15-11-16(24(4,5)6)21(27)17(12-15)25(7,8)9/h11-12,20,26-27H,10H2,1-9H3,(H,28,29). The summed E-state index contributed by atoms with van der Waals surface area (Å²) in [5, 5.41) is 24.2. The van der Waals surface area contributed by atoms with Gasteiger partial charge >= 0.3 is 11.9 Å². The summed E-state index contributed by atoms with van der Waals surface area (Å²) in [7, 11) is 0. The lowest BCUT2D eigenvalue weighted by molar-refractivity contribution is -0.138. The molecule has 0 saturated carbocycles. The van der Waals surface area contributed by atoms with Crippen LogP contribution in [0.2, 0.25) is 0 Å². The number of hydrogen-bond donors (Lipinski definition) is 3. The van der Waals surface area contributed by atoms with Gasteiger partial charge in [-0.2, -0.15) is 0 Å². The Bertz CT molecular complexity index is 936. The van der Waals surface area contributed by atoms with Crippen LogP contribution in [0.15, 0.2) is 34.7 Å². The molecule has 3 N–H and O–H groups in total. The maximum atomic E-state index is 12.9. The predicted molar refractivity (Wildman–Crippen MR) is 121 cm³/mol. The van der Waals surface area contributed by atoms with Crippen molar-refractivity contribution in [3.8, 4) is 5.75 Å². The summed E-state index contributed by atoms with van der Waals surface area (Å²) in [5.74, 6) is -2.27. The Labute approximate surface area is 185 Å². The molecule has 6 nitrogen and oxygen atoms in total. The van der Waals surface area contributed by atoms with Crippen molar-refractivity contribution in [2.24, 2.45) is 0 Å². The molecule has 2 rings (SSSR count). The van der Waals surface area contributed by atoms with Crippen molar-refractivity contribution in [2.45, 2.75) is 79.1 Å². The molecule has 170 valence electrons. The summed E-state index contributed by atoms with van der Waals surface area (Å²) in [5.41, 5.74) is 2.69. The van der Waals surface area contributed by atoms with Gasteiger partial charge in [0.1, 0.15) is 5.75 Å². The molecule has 0 saturated heterocycles. The first kappa shape index (κ1) is 24.5. The Balaban J connectivity index is 2.94. The fourth-order valence-electron chi connectivity index (χ4n) is 4.06. The van der Waals surface area contributed by atoms with Crippen LogP contribution < -0.4 is 5.32 Å². The summed E-state index contributed by atoms with van der Waals surface area (Å²) in [6.45, 7) is 17.3. The number of ether oxygens (including phenoxy) is 1. The van der Waals surface area contributed by atoms with E-state index in [9.17, 15) is 19.8 Å². The summed E-state index contributed by atoms with van der Waals surface area (Å²) in [6.07, 6.45) is 0. The Morgan fingerprint density at radius 3 is 1.81 bits per heavy atom. The van der Waals surface area contributed by atoms with Crippen molar-refractivity contribution in [3.63, 3.8) is 0 Å². The number of carboxylic acids is 1. The van der Waals surface area contributed by atoms with E-state index in [0.717, 1.165) is 0 Å². The lowest BCUT2D eigenvalue weighted by atomic mass is 9.73. The minimum Gasteiger partial charge on any atom is -0.507 e. The number of allylic oxidation sites excluding steroid dienone is 2. The average Bonchev–Trinajstić information content (AvgIpc) is 2.58. The zero-order valence-electron chi connectivity index (χ0n) is 20.1. The Hall–Kier alpha value is -2.76. The molecule has 1 aliphatic heterocycles. The third kappa shape index (κ3) is 4.78.